The second kappa shape index (κ2) is 6.76. The minimum Gasteiger partial charge on any atom is -0.493 e. The number of fused-ring (bicyclic) bond motifs is 1. The monoisotopic (exact) mass is 291 g/mol. The van der Waals surface area contributed by atoms with E-state index in [1.54, 1.807) is 0 Å². The van der Waals surface area contributed by atoms with Gasteiger partial charge < -0.3 is 10.1 Å². The first-order chi connectivity index (χ1) is 10.8. The normalized spacial score (nSPS) is 10.4. The first-order valence-electron chi connectivity index (χ1n) is 7.28. The maximum atomic E-state index is 11.9. The van der Waals surface area contributed by atoms with Gasteiger partial charge in [-0.1, -0.05) is 48.5 Å². The molecule has 22 heavy (non-hydrogen) atoms. The summed E-state index contributed by atoms with van der Waals surface area (Å²) in [7, 11) is 0. The van der Waals surface area contributed by atoms with Crippen LogP contribution in [-0.4, -0.2) is 12.5 Å². The number of rotatable bonds is 5. The Labute approximate surface area is 129 Å². The predicted molar refractivity (Wildman–Crippen MR) is 89.1 cm³/mol. The maximum absolute atomic E-state index is 11.9. The van der Waals surface area contributed by atoms with Gasteiger partial charge in [0.05, 0.1) is 13.0 Å². The zero-order valence-electron chi connectivity index (χ0n) is 12.2. The number of hydrogen-bond donors (Lipinski definition) is 1. The molecule has 0 unspecified atom stereocenters. The topological polar surface area (TPSA) is 38.3 Å². The zero-order valence-corrected chi connectivity index (χ0v) is 12.2. The van der Waals surface area contributed by atoms with Crippen molar-refractivity contribution in [1.82, 2.24) is 0 Å². The molecule has 0 aliphatic heterocycles. The maximum Gasteiger partial charge on any atom is 0.227 e. The smallest absolute Gasteiger partial charge is 0.227 e. The SMILES string of the molecule is O=C(CCOc1ccccc1)Nc1ccc2ccccc2c1. The van der Waals surface area contributed by atoms with Crippen LogP contribution in [0.3, 0.4) is 0 Å². The standard InChI is InChI=1S/C19H17NO2/c21-19(12-13-22-18-8-2-1-3-9-18)20-17-11-10-15-6-4-5-7-16(15)14-17/h1-11,14H,12-13H2,(H,20,21). The van der Waals surface area contributed by atoms with Crippen LogP contribution in [0.25, 0.3) is 10.8 Å². The van der Waals surface area contributed by atoms with Crippen molar-refractivity contribution in [3.63, 3.8) is 0 Å². The Morgan fingerprint density at radius 2 is 1.59 bits per heavy atom. The molecule has 0 saturated carbocycles. The van der Waals surface area contributed by atoms with Gasteiger partial charge in [-0.3, -0.25) is 4.79 Å². The first kappa shape index (κ1) is 14.1. The van der Waals surface area contributed by atoms with E-state index in [9.17, 15) is 4.79 Å². The Morgan fingerprint density at radius 3 is 2.41 bits per heavy atom. The van der Waals surface area contributed by atoms with Crippen LogP contribution in [-0.2, 0) is 4.79 Å². The summed E-state index contributed by atoms with van der Waals surface area (Å²) in [6, 6.07) is 23.5. The molecule has 0 aliphatic rings. The van der Waals surface area contributed by atoms with E-state index in [-0.39, 0.29) is 5.91 Å². The third-order valence-corrected chi connectivity index (χ3v) is 3.37. The summed E-state index contributed by atoms with van der Waals surface area (Å²) in [5.74, 6) is 0.729. The lowest BCUT2D eigenvalue weighted by molar-refractivity contribution is -0.116. The molecule has 0 aromatic heterocycles. The summed E-state index contributed by atoms with van der Waals surface area (Å²) >= 11 is 0. The average molecular weight is 291 g/mol. The Balaban J connectivity index is 1.54. The van der Waals surface area contributed by atoms with Crippen molar-refractivity contribution in [2.45, 2.75) is 6.42 Å². The number of hydrogen-bond acceptors (Lipinski definition) is 2. The summed E-state index contributed by atoms with van der Waals surface area (Å²) in [6.07, 6.45) is 0.321. The van der Waals surface area contributed by atoms with E-state index in [4.69, 9.17) is 4.74 Å². The highest BCUT2D eigenvalue weighted by molar-refractivity contribution is 5.94. The Kier molecular flexibility index (Phi) is 4.35. The van der Waals surface area contributed by atoms with E-state index in [2.05, 4.69) is 11.4 Å². The highest BCUT2D eigenvalue weighted by Crippen LogP contribution is 2.19. The number of carbonyl (C=O) groups is 1. The van der Waals surface area contributed by atoms with Crippen molar-refractivity contribution in [2.24, 2.45) is 0 Å². The molecule has 0 saturated heterocycles. The van der Waals surface area contributed by atoms with Gasteiger partial charge in [0.2, 0.25) is 5.91 Å². The van der Waals surface area contributed by atoms with Gasteiger partial charge in [-0.25, -0.2) is 0 Å². The molecular weight excluding hydrogens is 274 g/mol. The van der Waals surface area contributed by atoms with Crippen molar-refractivity contribution in [2.75, 3.05) is 11.9 Å². The number of benzene rings is 3. The predicted octanol–water partition coefficient (Wildman–Crippen LogP) is 4.25. The number of para-hydroxylation sites is 1. The van der Waals surface area contributed by atoms with E-state index >= 15 is 0 Å². The van der Waals surface area contributed by atoms with Crippen LogP contribution < -0.4 is 10.1 Å². The zero-order chi connectivity index (χ0) is 15.2. The van der Waals surface area contributed by atoms with Crippen molar-refractivity contribution >= 4 is 22.4 Å². The van der Waals surface area contributed by atoms with Crippen LogP contribution in [0.4, 0.5) is 5.69 Å². The van der Waals surface area contributed by atoms with E-state index in [1.807, 2.05) is 66.7 Å². The molecule has 1 amide bonds. The minimum absolute atomic E-state index is 0.0498. The van der Waals surface area contributed by atoms with Gasteiger partial charge in [0.15, 0.2) is 0 Å². The van der Waals surface area contributed by atoms with Crippen LogP contribution in [0.5, 0.6) is 5.75 Å². The molecule has 3 aromatic carbocycles. The van der Waals surface area contributed by atoms with E-state index in [1.165, 1.54) is 0 Å². The van der Waals surface area contributed by atoms with Gasteiger partial charge in [0.25, 0.3) is 0 Å². The Bertz CT molecular complexity index is 769. The minimum atomic E-state index is -0.0498. The third-order valence-electron chi connectivity index (χ3n) is 3.37. The van der Waals surface area contributed by atoms with E-state index < -0.39 is 0 Å². The van der Waals surface area contributed by atoms with E-state index in [0.717, 1.165) is 22.2 Å². The molecule has 3 nitrogen and oxygen atoms in total. The van der Waals surface area contributed by atoms with Gasteiger partial charge >= 0.3 is 0 Å². The number of ether oxygens (including phenoxy) is 1. The quantitative estimate of drug-likeness (QED) is 0.763. The highest BCUT2D eigenvalue weighted by atomic mass is 16.5. The lowest BCUT2D eigenvalue weighted by atomic mass is 10.1. The Morgan fingerprint density at radius 1 is 0.864 bits per heavy atom. The summed E-state index contributed by atoms with van der Waals surface area (Å²) in [5, 5.41) is 5.17. The Hall–Kier alpha value is -2.81. The number of amides is 1. The molecule has 1 N–H and O–H groups in total. The van der Waals surface area contributed by atoms with Crippen molar-refractivity contribution in [1.29, 1.82) is 0 Å². The molecule has 110 valence electrons. The van der Waals surface area contributed by atoms with Crippen LogP contribution in [0.1, 0.15) is 6.42 Å². The molecular formula is C19H17NO2. The van der Waals surface area contributed by atoms with Crippen molar-refractivity contribution in [3.8, 4) is 5.75 Å². The molecule has 3 aromatic rings. The van der Waals surface area contributed by atoms with Crippen LogP contribution in [0.2, 0.25) is 0 Å². The average Bonchev–Trinajstić information content (AvgIpc) is 2.56. The summed E-state index contributed by atoms with van der Waals surface area (Å²) in [6.45, 7) is 0.365. The largest absolute Gasteiger partial charge is 0.493 e. The van der Waals surface area contributed by atoms with Gasteiger partial charge in [0.1, 0.15) is 5.75 Å². The van der Waals surface area contributed by atoms with Gasteiger partial charge in [-0.05, 0) is 35.0 Å². The molecule has 0 fully saturated rings. The molecule has 0 atom stereocenters. The summed E-state index contributed by atoms with van der Waals surface area (Å²) in [4.78, 5) is 11.9. The molecule has 3 rings (SSSR count). The second-order valence-corrected chi connectivity index (χ2v) is 5.02. The third kappa shape index (κ3) is 3.64. The van der Waals surface area contributed by atoms with Crippen LogP contribution in [0.15, 0.2) is 72.8 Å². The fourth-order valence-corrected chi connectivity index (χ4v) is 2.27. The molecule has 0 bridgehead atoms. The second-order valence-electron chi connectivity index (χ2n) is 5.02. The van der Waals surface area contributed by atoms with Gasteiger partial charge in [0, 0.05) is 5.69 Å². The molecule has 0 spiro atoms. The molecule has 0 radical (unpaired) electrons. The fraction of sp³-hybridized carbons (Fsp3) is 0.105. The van der Waals surface area contributed by atoms with Gasteiger partial charge in [-0.15, -0.1) is 0 Å². The van der Waals surface area contributed by atoms with Gasteiger partial charge in [-0.2, -0.15) is 0 Å². The lowest BCUT2D eigenvalue weighted by Gasteiger charge is -2.08. The molecule has 0 aliphatic carbocycles. The molecule has 0 heterocycles. The lowest BCUT2D eigenvalue weighted by Crippen LogP contribution is -2.15. The van der Waals surface area contributed by atoms with Crippen LogP contribution in [0, 0.1) is 0 Å². The molecule has 3 heteroatoms. The number of carbonyl (C=O) groups excluding carboxylic acids is 1. The number of nitrogens with one attached hydrogen (secondary N) is 1. The van der Waals surface area contributed by atoms with E-state index in [0.29, 0.717) is 13.0 Å². The summed E-state index contributed by atoms with van der Waals surface area (Å²) in [5.41, 5.74) is 0.809. The first-order valence-corrected chi connectivity index (χ1v) is 7.28. The highest BCUT2D eigenvalue weighted by Gasteiger charge is 2.04. The number of anilines is 1. The van der Waals surface area contributed by atoms with Crippen molar-refractivity contribution < 1.29 is 9.53 Å². The van der Waals surface area contributed by atoms with Crippen LogP contribution >= 0.6 is 0 Å². The van der Waals surface area contributed by atoms with Crippen molar-refractivity contribution in [3.05, 3.63) is 72.8 Å². The fourth-order valence-electron chi connectivity index (χ4n) is 2.27. The summed E-state index contributed by atoms with van der Waals surface area (Å²) < 4.78 is 5.52.